The van der Waals surface area contributed by atoms with Crippen LogP contribution in [0.1, 0.15) is 44.8 Å². The highest BCUT2D eigenvalue weighted by Crippen LogP contribution is 2.36. The molecule has 0 spiro atoms. The number of halogens is 2. The number of alkyl halides is 2. The number of carboxylic acids is 1. The summed E-state index contributed by atoms with van der Waals surface area (Å²) in [6.07, 6.45) is 1.21. The number of nitrogens with zero attached hydrogens (tertiary/aromatic N) is 2. The van der Waals surface area contributed by atoms with Gasteiger partial charge in [0.2, 0.25) is 0 Å². The van der Waals surface area contributed by atoms with Gasteiger partial charge >= 0.3 is 5.97 Å². The highest BCUT2D eigenvalue weighted by atomic mass is 19.3. The van der Waals surface area contributed by atoms with Crippen LogP contribution < -0.4 is 0 Å². The molecule has 1 aliphatic heterocycles. The van der Waals surface area contributed by atoms with Gasteiger partial charge in [-0.25, -0.2) is 13.6 Å². The third-order valence-corrected chi connectivity index (χ3v) is 6.69. The van der Waals surface area contributed by atoms with E-state index in [4.69, 9.17) is 5.11 Å². The Bertz CT molecular complexity index is 1200. The smallest absolute Gasteiger partial charge is 0.335 e. The number of aromatic nitrogens is 1. The Morgan fingerprint density at radius 3 is 2.56 bits per heavy atom. The van der Waals surface area contributed by atoms with Gasteiger partial charge in [-0.05, 0) is 36.6 Å². The predicted molar refractivity (Wildman–Crippen MR) is 117 cm³/mol. The summed E-state index contributed by atoms with van der Waals surface area (Å²) in [4.78, 5) is 26.3. The fraction of sp³-hybridized carbons (Fsp3) is 0.360. The summed E-state index contributed by atoms with van der Waals surface area (Å²) in [7, 11) is 0. The van der Waals surface area contributed by atoms with E-state index < -0.39 is 11.9 Å². The van der Waals surface area contributed by atoms with Gasteiger partial charge in [-0.2, -0.15) is 0 Å². The van der Waals surface area contributed by atoms with Gasteiger partial charge in [-0.15, -0.1) is 0 Å². The van der Waals surface area contributed by atoms with Gasteiger partial charge in [-0.3, -0.25) is 9.69 Å². The largest absolute Gasteiger partial charge is 0.478 e. The van der Waals surface area contributed by atoms with Crippen molar-refractivity contribution in [2.75, 3.05) is 19.6 Å². The van der Waals surface area contributed by atoms with Gasteiger partial charge < -0.3 is 9.67 Å². The molecule has 2 heterocycles. The Kier molecular flexibility index (Phi) is 5.08. The lowest BCUT2D eigenvalue weighted by Gasteiger charge is -2.27. The van der Waals surface area contributed by atoms with Crippen molar-refractivity contribution >= 4 is 22.7 Å². The van der Waals surface area contributed by atoms with Crippen molar-refractivity contribution in [1.29, 1.82) is 0 Å². The number of carbonyl (C=O) groups is 2. The SMILES string of the molecule is O=C(O)c1ccc(Cn2c3c(c4ccccc42)C(=O)C(CN2CCC(F)(F)C2)CC3)cc1. The Hall–Kier alpha value is -3.06. The van der Waals surface area contributed by atoms with Crippen LogP contribution in [0.5, 0.6) is 0 Å². The highest BCUT2D eigenvalue weighted by Gasteiger charge is 2.41. The van der Waals surface area contributed by atoms with Gasteiger partial charge in [-0.1, -0.05) is 30.3 Å². The normalized spacial score (nSPS) is 20.6. The minimum atomic E-state index is -2.66. The van der Waals surface area contributed by atoms with Crippen LogP contribution >= 0.6 is 0 Å². The van der Waals surface area contributed by atoms with Crippen LogP contribution in [-0.4, -0.2) is 51.9 Å². The van der Waals surface area contributed by atoms with E-state index in [1.54, 1.807) is 29.2 Å². The Morgan fingerprint density at radius 1 is 1.12 bits per heavy atom. The van der Waals surface area contributed by atoms with Crippen LogP contribution in [-0.2, 0) is 13.0 Å². The van der Waals surface area contributed by atoms with Crippen LogP contribution in [0.2, 0.25) is 0 Å². The molecule has 0 saturated carbocycles. The van der Waals surface area contributed by atoms with Gasteiger partial charge in [0.15, 0.2) is 5.78 Å². The average Bonchev–Trinajstić information content (AvgIpc) is 3.27. The molecule has 1 fully saturated rings. The summed E-state index contributed by atoms with van der Waals surface area (Å²) in [5.74, 6) is -3.86. The number of carboxylic acid groups (broad SMARTS) is 1. The van der Waals surface area contributed by atoms with Crippen LogP contribution in [0.25, 0.3) is 10.9 Å². The maximum absolute atomic E-state index is 13.6. The number of hydrogen-bond acceptors (Lipinski definition) is 3. The fourth-order valence-electron chi connectivity index (χ4n) is 5.10. The molecule has 0 radical (unpaired) electrons. The Balaban J connectivity index is 1.46. The van der Waals surface area contributed by atoms with E-state index >= 15 is 0 Å². The number of ketones is 1. The minimum Gasteiger partial charge on any atom is -0.478 e. The van der Waals surface area contributed by atoms with Crippen molar-refractivity contribution in [2.24, 2.45) is 5.92 Å². The lowest BCUT2D eigenvalue weighted by molar-refractivity contribution is 0.0106. The van der Waals surface area contributed by atoms with E-state index in [9.17, 15) is 18.4 Å². The molecule has 166 valence electrons. The lowest BCUT2D eigenvalue weighted by atomic mass is 9.84. The molecule has 2 aromatic carbocycles. The molecule has 0 bridgehead atoms. The maximum atomic E-state index is 13.6. The Labute approximate surface area is 184 Å². The number of carbonyl (C=O) groups excluding carboxylic acids is 1. The number of fused-ring (bicyclic) bond motifs is 3. The second kappa shape index (κ2) is 7.81. The van der Waals surface area contributed by atoms with Crippen molar-refractivity contribution < 1.29 is 23.5 Å². The molecule has 1 aromatic heterocycles. The van der Waals surface area contributed by atoms with E-state index in [-0.39, 0.29) is 30.2 Å². The number of Topliss-reactive ketones (excluding diaryl/α,β-unsaturated/α-hetero) is 1. The number of aromatic carboxylic acids is 1. The molecule has 1 atom stereocenters. The van der Waals surface area contributed by atoms with E-state index in [1.165, 1.54) is 0 Å². The molecule has 5 rings (SSSR count). The number of benzene rings is 2. The second-order valence-corrected chi connectivity index (χ2v) is 8.87. The first-order valence-electron chi connectivity index (χ1n) is 10.9. The van der Waals surface area contributed by atoms with Crippen molar-refractivity contribution in [1.82, 2.24) is 9.47 Å². The van der Waals surface area contributed by atoms with E-state index in [2.05, 4.69) is 4.57 Å². The first-order chi connectivity index (χ1) is 15.3. The molecule has 32 heavy (non-hydrogen) atoms. The minimum absolute atomic E-state index is 0.0395. The van der Waals surface area contributed by atoms with Crippen LogP contribution in [0.3, 0.4) is 0 Å². The number of rotatable bonds is 5. The van der Waals surface area contributed by atoms with Crippen molar-refractivity contribution in [2.45, 2.75) is 31.7 Å². The van der Waals surface area contributed by atoms with Crippen LogP contribution in [0.4, 0.5) is 8.78 Å². The summed E-state index contributed by atoms with van der Waals surface area (Å²) >= 11 is 0. The monoisotopic (exact) mass is 438 g/mol. The van der Waals surface area contributed by atoms with E-state index in [1.807, 2.05) is 24.3 Å². The molecule has 1 unspecified atom stereocenters. The van der Waals surface area contributed by atoms with Gasteiger partial charge in [0.25, 0.3) is 5.92 Å². The molecule has 1 aliphatic carbocycles. The second-order valence-electron chi connectivity index (χ2n) is 8.87. The van der Waals surface area contributed by atoms with Crippen LogP contribution in [0.15, 0.2) is 48.5 Å². The predicted octanol–water partition coefficient (Wildman–Crippen LogP) is 4.47. The van der Waals surface area contributed by atoms with Gasteiger partial charge in [0.1, 0.15) is 0 Å². The molecule has 7 heteroatoms. The fourth-order valence-corrected chi connectivity index (χ4v) is 5.10. The summed E-state index contributed by atoms with van der Waals surface area (Å²) in [5.41, 5.74) is 3.83. The molecule has 5 nitrogen and oxygen atoms in total. The van der Waals surface area contributed by atoms with E-state index in [0.29, 0.717) is 38.0 Å². The number of likely N-dealkylation sites (tertiary alicyclic amines) is 1. The third kappa shape index (κ3) is 3.71. The van der Waals surface area contributed by atoms with E-state index in [0.717, 1.165) is 22.2 Å². The lowest BCUT2D eigenvalue weighted by Crippen LogP contribution is -2.36. The number of hydrogen-bond donors (Lipinski definition) is 1. The van der Waals surface area contributed by atoms with Gasteiger partial charge in [0.05, 0.1) is 12.1 Å². The molecular weight excluding hydrogens is 414 g/mol. The molecule has 0 amide bonds. The summed E-state index contributed by atoms with van der Waals surface area (Å²) in [5, 5.41) is 10.0. The van der Waals surface area contributed by atoms with Crippen LogP contribution in [0, 0.1) is 5.92 Å². The zero-order valence-corrected chi connectivity index (χ0v) is 17.6. The number of para-hydroxylation sites is 1. The molecule has 3 aromatic rings. The van der Waals surface area contributed by atoms with Gasteiger partial charge in [0, 0.05) is 54.1 Å². The maximum Gasteiger partial charge on any atom is 0.335 e. The average molecular weight is 438 g/mol. The topological polar surface area (TPSA) is 62.5 Å². The molecule has 1 N–H and O–H groups in total. The van der Waals surface area contributed by atoms with Crippen molar-refractivity contribution in [3.63, 3.8) is 0 Å². The zero-order chi connectivity index (χ0) is 22.5. The summed E-state index contributed by atoms with van der Waals surface area (Å²) < 4.78 is 29.4. The van der Waals surface area contributed by atoms with Crippen molar-refractivity contribution in [3.05, 3.63) is 70.9 Å². The zero-order valence-electron chi connectivity index (χ0n) is 17.6. The molecule has 1 saturated heterocycles. The molecular formula is C25H24F2N2O3. The first-order valence-corrected chi connectivity index (χ1v) is 10.9. The first kappa shape index (κ1) is 20.8. The molecule has 2 aliphatic rings. The summed E-state index contributed by atoms with van der Waals surface area (Å²) in [6.45, 7) is 0.978. The quantitative estimate of drug-likeness (QED) is 0.638. The third-order valence-electron chi connectivity index (χ3n) is 6.69. The van der Waals surface area contributed by atoms with Crippen molar-refractivity contribution in [3.8, 4) is 0 Å². The summed E-state index contributed by atoms with van der Waals surface area (Å²) in [6, 6.07) is 14.5. The highest BCUT2D eigenvalue weighted by molar-refractivity contribution is 6.11. The Morgan fingerprint density at radius 2 is 1.88 bits per heavy atom. The standard InChI is InChI=1S/C25H24F2N2O3/c26-25(27)11-12-28(15-25)14-18-9-10-21-22(23(18)30)19-3-1-2-4-20(19)29(21)13-16-5-7-17(8-6-16)24(31)32/h1-8,18H,9-15H2,(H,31,32).